The lowest BCUT2D eigenvalue weighted by molar-refractivity contribution is -0.00754. The van der Waals surface area contributed by atoms with E-state index in [1.165, 1.54) is 12.3 Å². The van der Waals surface area contributed by atoms with Crippen LogP contribution in [0.2, 0.25) is 10.0 Å². The summed E-state index contributed by atoms with van der Waals surface area (Å²) in [6.07, 6.45) is -3.85. The molecular formula is C10H7Cl2F2N3O2. The smallest absolute Gasteiger partial charge is 0.264 e. The van der Waals surface area contributed by atoms with Gasteiger partial charge in [0.15, 0.2) is 0 Å². The number of hydrogen-bond donors (Lipinski definition) is 1. The van der Waals surface area contributed by atoms with Crippen LogP contribution in [-0.4, -0.2) is 32.8 Å². The number of nitrogens with zero attached hydrogens (tertiary/aromatic N) is 3. The van der Waals surface area contributed by atoms with Crippen LogP contribution >= 0.6 is 23.2 Å². The van der Waals surface area contributed by atoms with Crippen molar-refractivity contribution in [3.8, 4) is 11.5 Å². The van der Waals surface area contributed by atoms with Crippen molar-refractivity contribution in [3.63, 3.8) is 0 Å². The Kier molecular flexibility index (Phi) is 4.28. The summed E-state index contributed by atoms with van der Waals surface area (Å²) >= 11 is 11.6. The average Bonchev–Trinajstić information content (AvgIpc) is 2.77. The highest BCUT2D eigenvalue weighted by molar-refractivity contribution is 6.35. The molecule has 0 aliphatic carbocycles. The number of hydrogen-bond acceptors (Lipinski definition) is 5. The second-order valence-corrected chi connectivity index (χ2v) is 4.45. The van der Waals surface area contributed by atoms with E-state index < -0.39 is 19.0 Å². The van der Waals surface area contributed by atoms with E-state index in [1.54, 1.807) is 0 Å². The van der Waals surface area contributed by atoms with Crippen LogP contribution in [0, 0.1) is 0 Å². The first-order valence-corrected chi connectivity index (χ1v) is 5.83. The zero-order valence-corrected chi connectivity index (χ0v) is 10.7. The molecule has 102 valence electrons. The van der Waals surface area contributed by atoms with Crippen LogP contribution < -0.4 is 0 Å². The first-order chi connectivity index (χ1) is 8.97. The van der Waals surface area contributed by atoms with Crippen molar-refractivity contribution in [1.29, 1.82) is 0 Å². The van der Waals surface area contributed by atoms with Gasteiger partial charge in [-0.15, -0.1) is 0 Å². The lowest BCUT2D eigenvalue weighted by Crippen LogP contribution is -2.20. The molecule has 0 aliphatic heterocycles. The second kappa shape index (κ2) is 5.77. The predicted molar refractivity (Wildman–Crippen MR) is 63.3 cm³/mol. The summed E-state index contributed by atoms with van der Waals surface area (Å²) in [7, 11) is 0. The minimum Gasteiger partial charge on any atom is -0.387 e. The summed E-state index contributed by atoms with van der Waals surface area (Å²) in [4.78, 5) is 7.75. The maximum absolute atomic E-state index is 12.2. The van der Waals surface area contributed by atoms with Crippen molar-refractivity contribution < 1.29 is 18.4 Å². The Morgan fingerprint density at radius 1 is 1.37 bits per heavy atom. The highest BCUT2D eigenvalue weighted by Crippen LogP contribution is 2.26. The first-order valence-electron chi connectivity index (χ1n) is 5.07. The van der Waals surface area contributed by atoms with Crippen molar-refractivity contribution in [3.05, 3.63) is 28.2 Å². The molecule has 2 aromatic heterocycles. The van der Waals surface area contributed by atoms with Crippen molar-refractivity contribution in [2.45, 2.75) is 19.0 Å². The van der Waals surface area contributed by atoms with Crippen LogP contribution in [0.5, 0.6) is 0 Å². The fourth-order valence-electron chi connectivity index (χ4n) is 1.28. The maximum atomic E-state index is 12.2. The Morgan fingerprint density at radius 2 is 2.11 bits per heavy atom. The van der Waals surface area contributed by atoms with Crippen molar-refractivity contribution in [2.24, 2.45) is 0 Å². The Morgan fingerprint density at radius 3 is 2.74 bits per heavy atom. The Balaban J connectivity index is 2.21. The van der Waals surface area contributed by atoms with Gasteiger partial charge in [-0.1, -0.05) is 28.4 Å². The van der Waals surface area contributed by atoms with E-state index in [9.17, 15) is 8.78 Å². The van der Waals surface area contributed by atoms with Gasteiger partial charge in [0.1, 0.15) is 11.8 Å². The van der Waals surface area contributed by atoms with E-state index in [0.717, 1.165) is 0 Å². The number of aromatic nitrogens is 3. The quantitative estimate of drug-likeness (QED) is 0.940. The number of halogens is 4. The van der Waals surface area contributed by atoms with E-state index >= 15 is 0 Å². The van der Waals surface area contributed by atoms with Gasteiger partial charge in [0, 0.05) is 6.20 Å². The van der Waals surface area contributed by atoms with Crippen LogP contribution in [0.25, 0.3) is 11.5 Å². The van der Waals surface area contributed by atoms with E-state index in [4.69, 9.17) is 32.8 Å². The fourth-order valence-corrected chi connectivity index (χ4v) is 1.75. The largest absolute Gasteiger partial charge is 0.387 e. The van der Waals surface area contributed by atoms with Gasteiger partial charge in [-0.3, -0.25) is 0 Å². The molecule has 9 heteroatoms. The maximum Gasteiger partial charge on any atom is 0.264 e. The third-order valence-corrected chi connectivity index (χ3v) is 2.66. The highest BCUT2D eigenvalue weighted by atomic mass is 35.5. The van der Waals surface area contributed by atoms with Gasteiger partial charge in [0.2, 0.25) is 11.7 Å². The van der Waals surface area contributed by atoms with Crippen molar-refractivity contribution in [1.82, 2.24) is 15.1 Å². The molecule has 0 saturated carbocycles. The zero-order valence-electron chi connectivity index (χ0n) is 9.23. The molecule has 0 aliphatic rings. The summed E-state index contributed by atoms with van der Waals surface area (Å²) in [6.45, 7) is 0. The van der Waals surface area contributed by atoms with Crippen LogP contribution in [-0.2, 0) is 6.42 Å². The summed E-state index contributed by atoms with van der Waals surface area (Å²) in [6, 6.07) is 1.44. The summed E-state index contributed by atoms with van der Waals surface area (Å²) in [5.74, 6) is -0.0891. The first kappa shape index (κ1) is 14.1. The summed E-state index contributed by atoms with van der Waals surface area (Å²) in [5.41, 5.74) is 0.215. The molecule has 0 fully saturated rings. The molecule has 2 rings (SSSR count). The molecule has 0 aromatic carbocycles. The molecule has 1 N–H and O–H groups in total. The van der Waals surface area contributed by atoms with Gasteiger partial charge in [0.05, 0.1) is 16.5 Å². The van der Waals surface area contributed by atoms with Gasteiger partial charge in [0.25, 0.3) is 6.43 Å². The Labute approximate surface area is 116 Å². The predicted octanol–water partition coefficient (Wildman–Crippen LogP) is 2.61. The zero-order chi connectivity index (χ0) is 14.0. The van der Waals surface area contributed by atoms with Crippen LogP contribution in [0.3, 0.4) is 0 Å². The normalized spacial score (nSPS) is 12.9. The lowest BCUT2D eigenvalue weighted by atomic mass is 10.2. The number of aliphatic hydroxyl groups excluding tert-OH is 1. The third-order valence-electron chi connectivity index (χ3n) is 2.16. The number of pyridine rings is 1. The van der Waals surface area contributed by atoms with Crippen molar-refractivity contribution >= 4 is 23.2 Å². The molecule has 2 heterocycles. The summed E-state index contributed by atoms with van der Waals surface area (Å²) in [5, 5.41) is 13.1. The second-order valence-electron chi connectivity index (χ2n) is 3.60. The SMILES string of the molecule is OC(Cc1nc(-c2ncc(Cl)cc2Cl)no1)C(F)F. The molecular weight excluding hydrogens is 303 g/mol. The molecule has 2 aromatic rings. The monoisotopic (exact) mass is 309 g/mol. The van der Waals surface area contributed by atoms with Crippen LogP contribution in [0.15, 0.2) is 16.8 Å². The molecule has 5 nitrogen and oxygen atoms in total. The minimum absolute atomic E-state index is 0.0399. The van der Waals surface area contributed by atoms with Crippen molar-refractivity contribution in [2.75, 3.05) is 0 Å². The van der Waals surface area contributed by atoms with Gasteiger partial charge < -0.3 is 9.63 Å². The number of aliphatic hydroxyl groups is 1. The molecule has 1 unspecified atom stereocenters. The van der Waals surface area contributed by atoms with Crippen LogP contribution in [0.1, 0.15) is 5.89 Å². The van der Waals surface area contributed by atoms with Crippen LogP contribution in [0.4, 0.5) is 8.78 Å². The topological polar surface area (TPSA) is 72.0 Å². The van der Waals surface area contributed by atoms with Gasteiger partial charge in [-0.25, -0.2) is 13.8 Å². The molecule has 0 radical (unpaired) electrons. The highest BCUT2D eigenvalue weighted by Gasteiger charge is 2.21. The Bertz CT molecular complexity index is 580. The third kappa shape index (κ3) is 3.37. The average molecular weight is 310 g/mol. The van der Waals surface area contributed by atoms with E-state index in [1.807, 2.05) is 0 Å². The molecule has 0 bridgehead atoms. The van der Waals surface area contributed by atoms with E-state index in [-0.39, 0.29) is 22.4 Å². The molecule has 0 amide bonds. The molecule has 19 heavy (non-hydrogen) atoms. The Hall–Kier alpha value is -1.31. The standard InChI is InChI=1S/C10H7Cl2F2N3O2/c11-4-1-5(12)8(15-3-4)10-16-7(19-17-10)2-6(18)9(13)14/h1,3,6,9,18H,2H2. The molecule has 1 atom stereocenters. The van der Waals surface area contributed by atoms with Gasteiger partial charge in [-0.2, -0.15) is 4.98 Å². The molecule has 0 spiro atoms. The van der Waals surface area contributed by atoms with E-state index in [2.05, 4.69) is 15.1 Å². The molecule has 0 saturated heterocycles. The van der Waals surface area contributed by atoms with Gasteiger partial charge >= 0.3 is 0 Å². The number of rotatable bonds is 4. The lowest BCUT2D eigenvalue weighted by Gasteiger charge is -2.04. The van der Waals surface area contributed by atoms with Gasteiger partial charge in [-0.05, 0) is 6.07 Å². The fraction of sp³-hybridized carbons (Fsp3) is 0.300. The van der Waals surface area contributed by atoms with E-state index in [0.29, 0.717) is 5.02 Å². The summed E-state index contributed by atoms with van der Waals surface area (Å²) < 4.78 is 29.1. The minimum atomic E-state index is -2.88. The number of alkyl halides is 2.